The summed E-state index contributed by atoms with van der Waals surface area (Å²) in [4.78, 5) is 10.5. The summed E-state index contributed by atoms with van der Waals surface area (Å²) in [5.41, 5.74) is 0. The Morgan fingerprint density at radius 2 is 1.40 bits per heavy atom. The van der Waals surface area contributed by atoms with Gasteiger partial charge in [-0.2, -0.15) is 0 Å². The summed E-state index contributed by atoms with van der Waals surface area (Å²) in [6, 6.07) is 0. The van der Waals surface area contributed by atoms with E-state index in [-0.39, 0.29) is 19.1 Å². The van der Waals surface area contributed by atoms with E-state index in [2.05, 4.69) is 6.92 Å². The lowest BCUT2D eigenvalue weighted by Crippen LogP contribution is -2.26. The van der Waals surface area contributed by atoms with Gasteiger partial charge in [0.25, 0.3) is 0 Å². The maximum Gasteiger partial charge on any atom is 0.305 e. The average Bonchev–Trinajstić information content (AvgIpc) is 2.58. The molecule has 0 aromatic heterocycles. The van der Waals surface area contributed by atoms with Crippen molar-refractivity contribution < 1.29 is 24.1 Å². The van der Waals surface area contributed by atoms with E-state index in [1.165, 1.54) is 64.2 Å². The Hall–Kier alpha value is -0.650. The fourth-order valence-corrected chi connectivity index (χ4v) is 2.73. The number of unbranched alkanes of at least 4 members (excludes halogenated alkanes) is 10. The molecule has 0 spiro atoms. The molecule has 1 N–H and O–H groups in total. The predicted molar refractivity (Wildman–Crippen MR) is 101 cm³/mol. The zero-order chi connectivity index (χ0) is 18.6. The Kier molecular flexibility index (Phi) is 19.2. The van der Waals surface area contributed by atoms with Crippen LogP contribution in [0.2, 0.25) is 0 Å². The summed E-state index contributed by atoms with van der Waals surface area (Å²) in [6.07, 6.45) is 14.4. The zero-order valence-electron chi connectivity index (χ0n) is 16.5. The summed E-state index contributed by atoms with van der Waals surface area (Å²) in [5, 5.41) is 8.61. The van der Waals surface area contributed by atoms with Crippen LogP contribution in [0.25, 0.3) is 0 Å². The van der Waals surface area contributed by atoms with Gasteiger partial charge in [-0.3, -0.25) is 4.79 Å². The second-order valence-corrected chi connectivity index (χ2v) is 6.70. The third-order valence-corrected chi connectivity index (χ3v) is 4.22. The normalized spacial score (nSPS) is 12.4. The fourth-order valence-electron chi connectivity index (χ4n) is 2.73. The molecule has 0 aliphatic rings. The van der Waals surface area contributed by atoms with Crippen molar-refractivity contribution in [1.82, 2.24) is 0 Å². The van der Waals surface area contributed by atoms with E-state index in [0.717, 1.165) is 13.0 Å². The number of hydrogen-bond donors (Lipinski definition) is 1. The van der Waals surface area contributed by atoms with E-state index in [4.69, 9.17) is 19.3 Å². The molecule has 0 saturated carbocycles. The number of methoxy groups -OCH3 is 1. The van der Waals surface area contributed by atoms with Crippen LogP contribution in [0.1, 0.15) is 84.0 Å². The third-order valence-electron chi connectivity index (χ3n) is 4.22. The molecule has 5 heteroatoms. The van der Waals surface area contributed by atoms with Crippen molar-refractivity contribution in [1.29, 1.82) is 0 Å². The highest BCUT2D eigenvalue weighted by atomic mass is 16.6. The minimum Gasteiger partial charge on any atom is -0.481 e. The molecule has 150 valence electrons. The van der Waals surface area contributed by atoms with Crippen LogP contribution in [-0.2, 0) is 19.0 Å². The van der Waals surface area contributed by atoms with E-state index in [1.807, 2.05) is 0 Å². The SMILES string of the molecule is CCCCCCCCCCCCCOCC(COC)OCCC(=O)O. The van der Waals surface area contributed by atoms with Gasteiger partial charge in [-0.05, 0) is 6.42 Å². The van der Waals surface area contributed by atoms with Gasteiger partial charge < -0.3 is 19.3 Å². The number of ether oxygens (including phenoxy) is 3. The minimum absolute atomic E-state index is 0.0127. The second kappa shape index (κ2) is 19.7. The van der Waals surface area contributed by atoms with Crippen molar-refractivity contribution in [3.63, 3.8) is 0 Å². The van der Waals surface area contributed by atoms with Crippen LogP contribution in [0.5, 0.6) is 0 Å². The van der Waals surface area contributed by atoms with Crippen LogP contribution in [0, 0.1) is 0 Å². The standard InChI is InChI=1S/C20H40O5/c1-3-4-5-6-7-8-9-10-11-12-13-15-24-18-19(17-23-2)25-16-14-20(21)22/h19H,3-18H2,1-2H3,(H,21,22). The summed E-state index contributed by atoms with van der Waals surface area (Å²) >= 11 is 0. The lowest BCUT2D eigenvalue weighted by Gasteiger charge is -2.16. The molecule has 0 amide bonds. The number of rotatable bonds is 20. The molecule has 0 aliphatic carbocycles. The molecular formula is C20H40O5. The molecule has 0 heterocycles. The predicted octanol–water partition coefficient (Wildman–Crippen LogP) is 4.82. The first kappa shape index (κ1) is 24.4. The van der Waals surface area contributed by atoms with Crippen molar-refractivity contribution in [2.45, 2.75) is 90.1 Å². The van der Waals surface area contributed by atoms with E-state index < -0.39 is 5.97 Å². The van der Waals surface area contributed by atoms with Gasteiger partial charge in [-0.1, -0.05) is 71.1 Å². The number of carboxylic acids is 1. The lowest BCUT2D eigenvalue weighted by atomic mass is 10.1. The summed E-state index contributed by atoms with van der Waals surface area (Å²) < 4.78 is 16.2. The Morgan fingerprint density at radius 1 is 0.840 bits per heavy atom. The van der Waals surface area contributed by atoms with Gasteiger partial charge in [0.15, 0.2) is 0 Å². The van der Waals surface area contributed by atoms with Crippen LogP contribution in [0.3, 0.4) is 0 Å². The second-order valence-electron chi connectivity index (χ2n) is 6.70. The average molecular weight is 361 g/mol. The van der Waals surface area contributed by atoms with E-state index in [9.17, 15) is 4.79 Å². The smallest absolute Gasteiger partial charge is 0.305 e. The molecule has 25 heavy (non-hydrogen) atoms. The van der Waals surface area contributed by atoms with Crippen LogP contribution in [0.4, 0.5) is 0 Å². The number of hydrogen-bond acceptors (Lipinski definition) is 4. The van der Waals surface area contributed by atoms with Crippen molar-refractivity contribution >= 4 is 5.97 Å². The third kappa shape index (κ3) is 19.5. The van der Waals surface area contributed by atoms with Gasteiger partial charge in [-0.15, -0.1) is 0 Å². The number of carbonyl (C=O) groups is 1. The van der Waals surface area contributed by atoms with Gasteiger partial charge >= 0.3 is 5.97 Å². The molecule has 0 fully saturated rings. The minimum atomic E-state index is -0.849. The molecular weight excluding hydrogens is 320 g/mol. The van der Waals surface area contributed by atoms with Crippen molar-refractivity contribution in [3.05, 3.63) is 0 Å². The summed E-state index contributed by atoms with van der Waals surface area (Å²) in [6.45, 7) is 4.09. The molecule has 1 atom stereocenters. The van der Waals surface area contributed by atoms with Crippen LogP contribution < -0.4 is 0 Å². The highest BCUT2D eigenvalue weighted by Crippen LogP contribution is 2.11. The van der Waals surface area contributed by atoms with Crippen molar-refractivity contribution in [3.8, 4) is 0 Å². The topological polar surface area (TPSA) is 65.0 Å². The molecule has 0 aliphatic heterocycles. The largest absolute Gasteiger partial charge is 0.481 e. The highest BCUT2D eigenvalue weighted by molar-refractivity contribution is 5.66. The van der Waals surface area contributed by atoms with Gasteiger partial charge in [0.05, 0.1) is 26.2 Å². The first-order valence-electron chi connectivity index (χ1n) is 10.1. The molecule has 0 aromatic rings. The monoisotopic (exact) mass is 360 g/mol. The number of aliphatic carboxylic acids is 1. The first-order valence-corrected chi connectivity index (χ1v) is 10.1. The molecule has 0 radical (unpaired) electrons. The van der Waals surface area contributed by atoms with Crippen LogP contribution >= 0.6 is 0 Å². The number of carboxylic acid groups (broad SMARTS) is 1. The van der Waals surface area contributed by atoms with Crippen molar-refractivity contribution in [2.75, 3.05) is 33.5 Å². The first-order chi connectivity index (χ1) is 12.2. The Balaban J connectivity index is 3.34. The Morgan fingerprint density at radius 3 is 1.92 bits per heavy atom. The molecule has 0 rings (SSSR count). The van der Waals surface area contributed by atoms with E-state index in [0.29, 0.717) is 13.2 Å². The van der Waals surface area contributed by atoms with Crippen molar-refractivity contribution in [2.24, 2.45) is 0 Å². The quantitative estimate of drug-likeness (QED) is 0.315. The fraction of sp³-hybridized carbons (Fsp3) is 0.950. The molecule has 0 bridgehead atoms. The molecule has 1 unspecified atom stereocenters. The van der Waals surface area contributed by atoms with Gasteiger partial charge in [0.1, 0.15) is 6.10 Å². The lowest BCUT2D eigenvalue weighted by molar-refractivity contribution is -0.139. The zero-order valence-corrected chi connectivity index (χ0v) is 16.5. The van der Waals surface area contributed by atoms with Gasteiger partial charge in [0.2, 0.25) is 0 Å². The molecule has 0 aromatic carbocycles. The molecule has 0 saturated heterocycles. The van der Waals surface area contributed by atoms with E-state index >= 15 is 0 Å². The summed E-state index contributed by atoms with van der Waals surface area (Å²) in [7, 11) is 1.61. The van der Waals surface area contributed by atoms with Gasteiger partial charge in [-0.25, -0.2) is 0 Å². The van der Waals surface area contributed by atoms with Crippen LogP contribution in [-0.4, -0.2) is 50.7 Å². The Labute approximate surface area is 154 Å². The maximum absolute atomic E-state index is 10.5. The Bertz CT molecular complexity index is 283. The van der Waals surface area contributed by atoms with E-state index in [1.54, 1.807) is 7.11 Å². The maximum atomic E-state index is 10.5. The molecule has 5 nitrogen and oxygen atoms in total. The summed E-state index contributed by atoms with van der Waals surface area (Å²) in [5.74, 6) is -0.849. The van der Waals surface area contributed by atoms with Crippen LogP contribution in [0.15, 0.2) is 0 Å². The van der Waals surface area contributed by atoms with Gasteiger partial charge in [0, 0.05) is 13.7 Å². The highest BCUT2D eigenvalue weighted by Gasteiger charge is 2.10.